The van der Waals surface area contributed by atoms with Crippen molar-refractivity contribution in [3.63, 3.8) is 0 Å². The number of hydrogen-bond acceptors (Lipinski definition) is 2. The van der Waals surface area contributed by atoms with Crippen molar-refractivity contribution in [1.29, 1.82) is 0 Å². The van der Waals surface area contributed by atoms with Crippen LogP contribution >= 0.6 is 0 Å². The van der Waals surface area contributed by atoms with E-state index >= 15 is 0 Å². The molecule has 0 heterocycles. The standard InChI is InChI=1S/C13H12FNO/c1-8-4-10(6-11(14)5-8)9-2-3-12(15)13(16)7-9/h2-7,16H,15H2,1H3. The molecule has 3 heteroatoms. The summed E-state index contributed by atoms with van der Waals surface area (Å²) in [4.78, 5) is 0. The molecule has 0 saturated carbocycles. The molecule has 2 aromatic rings. The van der Waals surface area contributed by atoms with Crippen LogP contribution in [0.4, 0.5) is 10.1 Å². The normalized spacial score (nSPS) is 10.4. The van der Waals surface area contributed by atoms with E-state index in [1.807, 2.05) is 13.0 Å². The van der Waals surface area contributed by atoms with E-state index < -0.39 is 0 Å². The Hall–Kier alpha value is -2.03. The molecule has 0 radical (unpaired) electrons. The van der Waals surface area contributed by atoms with Crippen molar-refractivity contribution in [2.75, 3.05) is 5.73 Å². The number of phenols is 1. The zero-order valence-corrected chi connectivity index (χ0v) is 8.87. The first-order valence-corrected chi connectivity index (χ1v) is 4.92. The lowest BCUT2D eigenvalue weighted by molar-refractivity contribution is 0.478. The number of anilines is 1. The smallest absolute Gasteiger partial charge is 0.139 e. The van der Waals surface area contributed by atoms with Gasteiger partial charge in [-0.2, -0.15) is 0 Å². The minimum atomic E-state index is -0.286. The Labute approximate surface area is 93.2 Å². The second kappa shape index (κ2) is 3.85. The summed E-state index contributed by atoms with van der Waals surface area (Å²) in [6, 6.07) is 9.63. The molecule has 2 rings (SSSR count). The van der Waals surface area contributed by atoms with Gasteiger partial charge in [-0.15, -0.1) is 0 Å². The van der Waals surface area contributed by atoms with Crippen molar-refractivity contribution in [2.45, 2.75) is 6.92 Å². The van der Waals surface area contributed by atoms with Crippen molar-refractivity contribution in [3.8, 4) is 16.9 Å². The van der Waals surface area contributed by atoms with Gasteiger partial charge in [-0.25, -0.2) is 4.39 Å². The van der Waals surface area contributed by atoms with Gasteiger partial charge in [0.05, 0.1) is 5.69 Å². The van der Waals surface area contributed by atoms with Crippen LogP contribution in [-0.4, -0.2) is 5.11 Å². The van der Waals surface area contributed by atoms with Gasteiger partial charge in [-0.05, 0) is 47.9 Å². The van der Waals surface area contributed by atoms with Gasteiger partial charge in [0.25, 0.3) is 0 Å². The molecule has 0 atom stereocenters. The molecule has 0 saturated heterocycles. The van der Waals surface area contributed by atoms with E-state index in [1.54, 1.807) is 12.1 Å². The fourth-order valence-corrected chi connectivity index (χ4v) is 1.63. The van der Waals surface area contributed by atoms with Crippen molar-refractivity contribution in [1.82, 2.24) is 0 Å². The first-order valence-electron chi connectivity index (χ1n) is 4.92. The lowest BCUT2D eigenvalue weighted by Gasteiger charge is -2.06. The molecule has 16 heavy (non-hydrogen) atoms. The third kappa shape index (κ3) is 1.98. The van der Waals surface area contributed by atoms with Gasteiger partial charge in [0, 0.05) is 0 Å². The minimum Gasteiger partial charge on any atom is -0.506 e. The maximum absolute atomic E-state index is 13.2. The van der Waals surface area contributed by atoms with Crippen LogP contribution in [0.1, 0.15) is 5.56 Å². The van der Waals surface area contributed by atoms with Crippen LogP contribution in [-0.2, 0) is 0 Å². The topological polar surface area (TPSA) is 46.2 Å². The zero-order valence-electron chi connectivity index (χ0n) is 8.87. The second-order valence-corrected chi connectivity index (χ2v) is 3.79. The van der Waals surface area contributed by atoms with Gasteiger partial charge in [-0.3, -0.25) is 0 Å². The summed E-state index contributed by atoms with van der Waals surface area (Å²) in [6.45, 7) is 1.82. The molecule has 0 aliphatic heterocycles. The summed E-state index contributed by atoms with van der Waals surface area (Å²) in [5.74, 6) is -0.272. The van der Waals surface area contributed by atoms with Crippen molar-refractivity contribution < 1.29 is 9.50 Å². The van der Waals surface area contributed by atoms with E-state index in [1.165, 1.54) is 18.2 Å². The minimum absolute atomic E-state index is 0.0133. The number of halogens is 1. The Bertz CT molecular complexity index is 517. The Morgan fingerprint density at radius 3 is 2.44 bits per heavy atom. The highest BCUT2D eigenvalue weighted by Crippen LogP contribution is 2.28. The average molecular weight is 217 g/mol. The quantitative estimate of drug-likeness (QED) is 0.569. The Balaban J connectivity index is 2.54. The molecule has 0 bridgehead atoms. The van der Waals surface area contributed by atoms with Gasteiger partial charge in [0.15, 0.2) is 0 Å². The summed E-state index contributed by atoms with van der Waals surface area (Å²) in [6.07, 6.45) is 0. The number of aryl methyl sites for hydroxylation is 1. The second-order valence-electron chi connectivity index (χ2n) is 3.79. The predicted octanol–water partition coefficient (Wildman–Crippen LogP) is 3.09. The Kier molecular flexibility index (Phi) is 2.52. The molecule has 82 valence electrons. The Morgan fingerprint density at radius 1 is 1.06 bits per heavy atom. The van der Waals surface area contributed by atoms with E-state index in [4.69, 9.17) is 5.73 Å². The van der Waals surface area contributed by atoms with Crippen LogP contribution in [0.3, 0.4) is 0 Å². The SMILES string of the molecule is Cc1cc(F)cc(-c2ccc(N)c(O)c2)c1. The highest BCUT2D eigenvalue weighted by Gasteiger charge is 2.04. The maximum atomic E-state index is 13.2. The monoisotopic (exact) mass is 217 g/mol. The highest BCUT2D eigenvalue weighted by atomic mass is 19.1. The number of benzene rings is 2. The molecule has 0 spiro atoms. The van der Waals surface area contributed by atoms with Crippen LogP contribution in [0.15, 0.2) is 36.4 Å². The van der Waals surface area contributed by atoms with Crippen LogP contribution < -0.4 is 5.73 Å². The largest absolute Gasteiger partial charge is 0.506 e. The average Bonchev–Trinajstić information content (AvgIpc) is 2.20. The van der Waals surface area contributed by atoms with Gasteiger partial charge in [0.1, 0.15) is 11.6 Å². The highest BCUT2D eigenvalue weighted by molar-refractivity contribution is 5.70. The van der Waals surface area contributed by atoms with Gasteiger partial charge in [-0.1, -0.05) is 12.1 Å². The van der Waals surface area contributed by atoms with E-state index in [9.17, 15) is 9.50 Å². The van der Waals surface area contributed by atoms with E-state index in [2.05, 4.69) is 0 Å². The Morgan fingerprint density at radius 2 is 1.81 bits per heavy atom. The molecular weight excluding hydrogens is 205 g/mol. The lowest BCUT2D eigenvalue weighted by Crippen LogP contribution is -1.87. The molecule has 2 aromatic carbocycles. The van der Waals surface area contributed by atoms with E-state index in [-0.39, 0.29) is 11.6 Å². The summed E-state index contributed by atoms with van der Waals surface area (Å²) in [5, 5.41) is 9.48. The van der Waals surface area contributed by atoms with Crippen molar-refractivity contribution in [3.05, 3.63) is 47.8 Å². The predicted molar refractivity (Wildman–Crippen MR) is 62.7 cm³/mol. The maximum Gasteiger partial charge on any atom is 0.139 e. The number of nitrogens with two attached hydrogens (primary N) is 1. The lowest BCUT2D eigenvalue weighted by atomic mass is 10.0. The molecule has 2 nitrogen and oxygen atoms in total. The molecule has 0 fully saturated rings. The number of nitrogen functional groups attached to an aromatic ring is 1. The first-order chi connectivity index (χ1) is 7.56. The zero-order chi connectivity index (χ0) is 11.7. The summed E-state index contributed by atoms with van der Waals surface area (Å²) in [7, 11) is 0. The van der Waals surface area contributed by atoms with Gasteiger partial charge in [0.2, 0.25) is 0 Å². The van der Waals surface area contributed by atoms with Crippen LogP contribution in [0.25, 0.3) is 11.1 Å². The van der Waals surface area contributed by atoms with Crippen molar-refractivity contribution >= 4 is 5.69 Å². The van der Waals surface area contributed by atoms with Crippen LogP contribution in [0.5, 0.6) is 5.75 Å². The third-order valence-electron chi connectivity index (χ3n) is 2.41. The molecule has 0 unspecified atom stereocenters. The van der Waals surface area contributed by atoms with E-state index in [0.29, 0.717) is 5.69 Å². The van der Waals surface area contributed by atoms with Gasteiger partial charge < -0.3 is 10.8 Å². The molecule has 0 aromatic heterocycles. The number of aromatic hydroxyl groups is 1. The first kappa shape index (κ1) is 10.5. The number of phenolic OH excluding ortho intramolecular Hbond substituents is 1. The van der Waals surface area contributed by atoms with Crippen LogP contribution in [0, 0.1) is 12.7 Å². The molecule has 0 amide bonds. The molecule has 0 aliphatic rings. The molecular formula is C13H12FNO. The number of hydrogen-bond donors (Lipinski definition) is 2. The summed E-state index contributed by atoms with van der Waals surface area (Å²) in [5.41, 5.74) is 8.13. The fraction of sp³-hybridized carbons (Fsp3) is 0.0769. The summed E-state index contributed by atoms with van der Waals surface area (Å²) < 4.78 is 13.2. The van der Waals surface area contributed by atoms with Crippen molar-refractivity contribution in [2.24, 2.45) is 0 Å². The van der Waals surface area contributed by atoms with Crippen LogP contribution in [0.2, 0.25) is 0 Å². The van der Waals surface area contributed by atoms with E-state index in [0.717, 1.165) is 16.7 Å². The summed E-state index contributed by atoms with van der Waals surface area (Å²) >= 11 is 0. The number of rotatable bonds is 1. The third-order valence-corrected chi connectivity index (χ3v) is 2.41. The molecule has 0 aliphatic carbocycles. The molecule has 3 N–H and O–H groups in total. The van der Waals surface area contributed by atoms with Gasteiger partial charge >= 0.3 is 0 Å². The fourth-order valence-electron chi connectivity index (χ4n) is 1.63.